The van der Waals surface area contributed by atoms with Crippen LogP contribution in [0.15, 0.2) is 36.4 Å². The lowest BCUT2D eigenvalue weighted by molar-refractivity contribution is 0.0946. The van der Waals surface area contributed by atoms with E-state index in [0.29, 0.717) is 54.9 Å². The zero-order chi connectivity index (χ0) is 23.6. The van der Waals surface area contributed by atoms with Crippen LogP contribution in [0, 0.1) is 5.82 Å². The topological polar surface area (TPSA) is 63.3 Å². The average molecular weight is 460 g/mol. The fourth-order valence-corrected chi connectivity index (χ4v) is 3.87. The van der Waals surface area contributed by atoms with Crippen molar-refractivity contribution in [2.45, 2.75) is 20.8 Å². The van der Waals surface area contributed by atoms with E-state index in [1.807, 2.05) is 32.9 Å². The molecule has 2 aromatic carbocycles. The summed E-state index contributed by atoms with van der Waals surface area (Å²) in [7, 11) is 0. The predicted octanol–water partition coefficient (Wildman–Crippen LogP) is 3.57. The summed E-state index contributed by atoms with van der Waals surface area (Å²) in [6.45, 7) is 11.4. The standard InChI is InChI=1S/C25H34FN3O4/c1-4-31-22-17-19(18-23(32-5-2)24(22)33-6-3)25(30)27-11-12-28-13-15-29(16-14-28)21-10-8-7-9-20(21)26/h7-10,17-18H,4-6,11-16H2,1-3H3,(H,27,30). The molecule has 33 heavy (non-hydrogen) atoms. The summed E-state index contributed by atoms with van der Waals surface area (Å²) in [5.41, 5.74) is 1.12. The van der Waals surface area contributed by atoms with E-state index in [0.717, 1.165) is 32.7 Å². The highest BCUT2D eigenvalue weighted by Crippen LogP contribution is 2.39. The third-order valence-electron chi connectivity index (χ3n) is 5.45. The minimum atomic E-state index is -0.190. The Bertz CT molecular complexity index is 889. The minimum Gasteiger partial charge on any atom is -0.490 e. The van der Waals surface area contributed by atoms with Crippen LogP contribution in [0.5, 0.6) is 17.2 Å². The Labute approximate surface area is 195 Å². The molecule has 1 fully saturated rings. The van der Waals surface area contributed by atoms with E-state index in [4.69, 9.17) is 14.2 Å². The van der Waals surface area contributed by atoms with Gasteiger partial charge in [-0.3, -0.25) is 9.69 Å². The van der Waals surface area contributed by atoms with Gasteiger partial charge in [0.2, 0.25) is 5.75 Å². The van der Waals surface area contributed by atoms with Gasteiger partial charge in [-0.25, -0.2) is 4.39 Å². The zero-order valence-electron chi connectivity index (χ0n) is 19.7. The molecule has 0 spiro atoms. The quantitative estimate of drug-likeness (QED) is 0.554. The number of para-hydroxylation sites is 1. The van der Waals surface area contributed by atoms with Gasteiger partial charge in [0.15, 0.2) is 11.5 Å². The molecule has 1 saturated heterocycles. The van der Waals surface area contributed by atoms with E-state index in [1.54, 1.807) is 18.2 Å². The predicted molar refractivity (Wildman–Crippen MR) is 127 cm³/mol. The van der Waals surface area contributed by atoms with Crippen molar-refractivity contribution in [1.29, 1.82) is 0 Å². The van der Waals surface area contributed by atoms with Crippen molar-refractivity contribution in [3.8, 4) is 17.2 Å². The Hall–Kier alpha value is -3.00. The molecule has 0 radical (unpaired) electrons. The van der Waals surface area contributed by atoms with Crippen molar-refractivity contribution >= 4 is 11.6 Å². The van der Waals surface area contributed by atoms with Crippen molar-refractivity contribution in [2.24, 2.45) is 0 Å². The summed E-state index contributed by atoms with van der Waals surface area (Å²) in [6, 6.07) is 10.3. The molecule has 3 rings (SSSR count). The largest absolute Gasteiger partial charge is 0.490 e. The van der Waals surface area contributed by atoms with Gasteiger partial charge < -0.3 is 24.4 Å². The van der Waals surface area contributed by atoms with Gasteiger partial charge in [-0.05, 0) is 45.0 Å². The number of piperazine rings is 1. The highest BCUT2D eigenvalue weighted by atomic mass is 19.1. The maximum atomic E-state index is 14.0. The van der Waals surface area contributed by atoms with Crippen LogP contribution in [-0.4, -0.2) is 69.9 Å². The molecular weight excluding hydrogens is 425 g/mol. The Balaban J connectivity index is 1.55. The molecular formula is C25H34FN3O4. The van der Waals surface area contributed by atoms with E-state index >= 15 is 0 Å². The molecule has 8 heteroatoms. The minimum absolute atomic E-state index is 0.189. The fraction of sp³-hybridized carbons (Fsp3) is 0.480. The Morgan fingerprint density at radius 1 is 0.939 bits per heavy atom. The van der Waals surface area contributed by atoms with Crippen LogP contribution < -0.4 is 24.4 Å². The van der Waals surface area contributed by atoms with Crippen molar-refractivity contribution in [2.75, 3.05) is 64.0 Å². The second-order valence-electron chi connectivity index (χ2n) is 7.64. The molecule has 1 heterocycles. The molecule has 7 nitrogen and oxygen atoms in total. The van der Waals surface area contributed by atoms with Crippen molar-refractivity contribution < 1.29 is 23.4 Å². The van der Waals surface area contributed by atoms with Gasteiger partial charge in [0.25, 0.3) is 5.91 Å². The normalized spacial score (nSPS) is 14.1. The molecule has 1 N–H and O–H groups in total. The number of amides is 1. The molecule has 0 saturated carbocycles. The number of halogens is 1. The first-order chi connectivity index (χ1) is 16.1. The maximum Gasteiger partial charge on any atom is 0.251 e. The lowest BCUT2D eigenvalue weighted by atomic mass is 10.1. The Morgan fingerprint density at radius 3 is 2.12 bits per heavy atom. The third kappa shape index (κ3) is 6.51. The molecule has 0 atom stereocenters. The van der Waals surface area contributed by atoms with Crippen LogP contribution in [-0.2, 0) is 0 Å². The second-order valence-corrected chi connectivity index (χ2v) is 7.64. The first kappa shape index (κ1) is 24.6. The number of nitrogens with zero attached hydrogens (tertiary/aromatic N) is 2. The van der Waals surface area contributed by atoms with Gasteiger partial charge in [-0.15, -0.1) is 0 Å². The molecule has 0 bridgehead atoms. The number of carbonyl (C=O) groups is 1. The molecule has 0 aliphatic carbocycles. The number of hydrogen-bond acceptors (Lipinski definition) is 6. The van der Waals surface area contributed by atoms with Crippen LogP contribution in [0.1, 0.15) is 31.1 Å². The molecule has 0 aromatic heterocycles. The maximum absolute atomic E-state index is 14.0. The van der Waals surface area contributed by atoms with Gasteiger partial charge >= 0.3 is 0 Å². The van der Waals surface area contributed by atoms with Crippen LogP contribution in [0.4, 0.5) is 10.1 Å². The average Bonchev–Trinajstić information content (AvgIpc) is 2.82. The van der Waals surface area contributed by atoms with E-state index in [-0.39, 0.29) is 11.7 Å². The number of anilines is 1. The van der Waals surface area contributed by atoms with Crippen molar-refractivity contribution in [3.63, 3.8) is 0 Å². The zero-order valence-corrected chi connectivity index (χ0v) is 19.7. The molecule has 1 amide bonds. The Morgan fingerprint density at radius 2 is 1.55 bits per heavy atom. The smallest absolute Gasteiger partial charge is 0.251 e. The second kappa shape index (κ2) is 12.3. The summed E-state index contributed by atoms with van der Waals surface area (Å²) < 4.78 is 31.1. The van der Waals surface area contributed by atoms with Crippen molar-refractivity contribution in [3.05, 3.63) is 47.8 Å². The number of ether oxygens (including phenoxy) is 3. The molecule has 0 unspecified atom stereocenters. The fourth-order valence-electron chi connectivity index (χ4n) is 3.87. The van der Waals surface area contributed by atoms with Crippen LogP contribution in [0.25, 0.3) is 0 Å². The van der Waals surface area contributed by atoms with Gasteiger partial charge in [0.1, 0.15) is 5.82 Å². The van der Waals surface area contributed by atoms with Crippen LogP contribution in [0.3, 0.4) is 0 Å². The number of benzene rings is 2. The molecule has 180 valence electrons. The molecule has 1 aliphatic heterocycles. The summed E-state index contributed by atoms with van der Waals surface area (Å²) in [5.74, 6) is 1.14. The summed E-state index contributed by atoms with van der Waals surface area (Å²) in [6.07, 6.45) is 0. The molecule has 2 aromatic rings. The monoisotopic (exact) mass is 459 g/mol. The van der Waals surface area contributed by atoms with Gasteiger partial charge in [0, 0.05) is 44.8 Å². The van der Waals surface area contributed by atoms with E-state index in [1.165, 1.54) is 6.07 Å². The SMILES string of the molecule is CCOc1cc(C(=O)NCCN2CCN(c3ccccc3F)CC2)cc(OCC)c1OCC. The van der Waals surface area contributed by atoms with E-state index < -0.39 is 0 Å². The van der Waals surface area contributed by atoms with E-state index in [9.17, 15) is 9.18 Å². The van der Waals surface area contributed by atoms with Crippen LogP contribution >= 0.6 is 0 Å². The van der Waals surface area contributed by atoms with Gasteiger partial charge in [-0.2, -0.15) is 0 Å². The number of rotatable bonds is 11. The van der Waals surface area contributed by atoms with Crippen molar-refractivity contribution in [1.82, 2.24) is 10.2 Å². The summed E-state index contributed by atoms with van der Waals surface area (Å²) in [5, 5.41) is 2.98. The highest BCUT2D eigenvalue weighted by Gasteiger charge is 2.20. The summed E-state index contributed by atoms with van der Waals surface area (Å²) in [4.78, 5) is 17.1. The third-order valence-corrected chi connectivity index (χ3v) is 5.45. The van der Waals surface area contributed by atoms with Gasteiger partial charge in [-0.1, -0.05) is 12.1 Å². The molecule has 1 aliphatic rings. The lowest BCUT2D eigenvalue weighted by Crippen LogP contribution is -2.48. The van der Waals surface area contributed by atoms with Crippen LogP contribution in [0.2, 0.25) is 0 Å². The first-order valence-electron chi connectivity index (χ1n) is 11.6. The van der Waals surface area contributed by atoms with Gasteiger partial charge in [0.05, 0.1) is 25.5 Å². The number of hydrogen-bond donors (Lipinski definition) is 1. The Kier molecular flexibility index (Phi) is 9.18. The number of nitrogens with one attached hydrogen (secondary N) is 1. The first-order valence-corrected chi connectivity index (χ1v) is 11.6. The highest BCUT2D eigenvalue weighted by molar-refractivity contribution is 5.95. The van der Waals surface area contributed by atoms with E-state index in [2.05, 4.69) is 15.1 Å². The number of carbonyl (C=O) groups excluding carboxylic acids is 1. The lowest BCUT2D eigenvalue weighted by Gasteiger charge is -2.36. The summed E-state index contributed by atoms with van der Waals surface area (Å²) >= 11 is 0.